The molecule has 5 heteroatoms. The van der Waals surface area contributed by atoms with Gasteiger partial charge in [-0.25, -0.2) is 4.98 Å². The fourth-order valence-electron chi connectivity index (χ4n) is 0.794. The Balaban J connectivity index is 2.45. The van der Waals surface area contributed by atoms with E-state index < -0.39 is 12.1 Å². The zero-order valence-corrected chi connectivity index (χ0v) is 6.94. The van der Waals surface area contributed by atoms with Crippen LogP contribution in [0.3, 0.4) is 0 Å². The first-order chi connectivity index (χ1) is 6.22. The summed E-state index contributed by atoms with van der Waals surface area (Å²) in [6.45, 7) is -0.185. The summed E-state index contributed by atoms with van der Waals surface area (Å²) in [6, 6.07) is 4.32. The fourth-order valence-corrected chi connectivity index (χ4v) is 0.794. The molecule has 1 rings (SSSR count). The summed E-state index contributed by atoms with van der Waals surface area (Å²) in [4.78, 5) is 3.51. The average molecular weight is 186 g/mol. The summed E-state index contributed by atoms with van der Waals surface area (Å²) in [5.74, 6) is -0.240. The zero-order valence-electron chi connectivity index (χ0n) is 6.94. The summed E-state index contributed by atoms with van der Waals surface area (Å²) in [5.41, 5.74) is 0. The van der Waals surface area contributed by atoms with Crippen LogP contribution in [-0.4, -0.2) is 34.5 Å². The van der Waals surface area contributed by atoms with Gasteiger partial charge in [0.15, 0.2) is 0 Å². The number of nitrogens with one attached hydrogen (secondary N) is 1. The first kappa shape index (κ1) is 9.88. The third-order valence-corrected chi connectivity index (χ3v) is 1.44. The van der Waals surface area contributed by atoms with Crippen LogP contribution in [0.25, 0.3) is 0 Å². The smallest absolute Gasteiger partial charge is 0.214 e. The van der Waals surface area contributed by atoms with Crippen LogP contribution in [0.5, 0.6) is 0 Å². The monoisotopic (exact) mass is 186 g/mol. The van der Waals surface area contributed by atoms with E-state index in [1.54, 1.807) is 6.07 Å². The summed E-state index contributed by atoms with van der Waals surface area (Å²) >= 11 is 0. The van der Waals surface area contributed by atoms with E-state index in [4.69, 9.17) is 10.2 Å². The quantitative estimate of drug-likeness (QED) is 0.578. The number of hydrogen-bond acceptors (Lipinski definition) is 4. The van der Waals surface area contributed by atoms with Crippen LogP contribution in [0.4, 0.5) is 10.2 Å². The molecule has 0 aliphatic rings. The van der Waals surface area contributed by atoms with Gasteiger partial charge in [-0.1, -0.05) is 6.07 Å². The molecule has 0 aliphatic carbocycles. The lowest BCUT2D eigenvalue weighted by molar-refractivity contribution is 0.105. The number of aromatic nitrogens is 1. The van der Waals surface area contributed by atoms with Crippen LogP contribution < -0.4 is 5.32 Å². The van der Waals surface area contributed by atoms with Crippen LogP contribution in [0.1, 0.15) is 0 Å². The number of halogens is 1. The van der Waals surface area contributed by atoms with Crippen molar-refractivity contribution in [3.63, 3.8) is 0 Å². The van der Waals surface area contributed by atoms with Gasteiger partial charge < -0.3 is 15.5 Å². The van der Waals surface area contributed by atoms with Crippen LogP contribution in [-0.2, 0) is 0 Å². The molecule has 0 amide bonds. The van der Waals surface area contributed by atoms with Gasteiger partial charge in [-0.3, -0.25) is 0 Å². The highest BCUT2D eigenvalue weighted by Crippen LogP contribution is 2.02. The molecule has 0 aliphatic heterocycles. The number of rotatable bonds is 4. The summed E-state index contributed by atoms with van der Waals surface area (Å²) < 4.78 is 12.5. The standard InChI is InChI=1S/C8H11FN2O2/c9-7-2-1-3-8(11-7)10-4-6(13)5-12/h1-3,6,12-13H,4-5H2,(H,10,11). The number of hydrogen-bond donors (Lipinski definition) is 3. The number of aliphatic hydroxyl groups is 2. The Bertz CT molecular complexity index is 270. The molecule has 3 N–H and O–H groups in total. The van der Waals surface area contributed by atoms with Crippen molar-refractivity contribution in [2.45, 2.75) is 6.10 Å². The highest BCUT2D eigenvalue weighted by atomic mass is 19.1. The second-order valence-electron chi connectivity index (χ2n) is 2.56. The molecule has 0 radical (unpaired) electrons. The van der Waals surface area contributed by atoms with Gasteiger partial charge in [-0.2, -0.15) is 4.39 Å². The van der Waals surface area contributed by atoms with Crippen molar-refractivity contribution >= 4 is 5.82 Å². The number of anilines is 1. The van der Waals surface area contributed by atoms with E-state index in [0.29, 0.717) is 5.82 Å². The van der Waals surface area contributed by atoms with Gasteiger partial charge in [0.25, 0.3) is 0 Å². The molecule has 0 saturated heterocycles. The third-order valence-electron chi connectivity index (χ3n) is 1.44. The third kappa shape index (κ3) is 3.35. The molecule has 0 fully saturated rings. The largest absolute Gasteiger partial charge is 0.394 e. The summed E-state index contributed by atoms with van der Waals surface area (Å²) in [6.07, 6.45) is -0.856. The molecule has 1 heterocycles. The van der Waals surface area contributed by atoms with Crippen molar-refractivity contribution in [3.05, 3.63) is 24.1 Å². The van der Waals surface area contributed by atoms with E-state index in [9.17, 15) is 4.39 Å². The highest BCUT2D eigenvalue weighted by Gasteiger charge is 2.01. The first-order valence-electron chi connectivity index (χ1n) is 3.87. The van der Waals surface area contributed by atoms with Crippen molar-refractivity contribution in [2.75, 3.05) is 18.5 Å². The van der Waals surface area contributed by atoms with E-state index in [1.807, 2.05) is 0 Å². The molecule has 4 nitrogen and oxygen atoms in total. The van der Waals surface area contributed by atoms with E-state index in [-0.39, 0.29) is 13.2 Å². The Hall–Kier alpha value is -1.20. The van der Waals surface area contributed by atoms with Crippen LogP contribution in [0, 0.1) is 5.95 Å². The maximum Gasteiger partial charge on any atom is 0.214 e. The minimum atomic E-state index is -0.856. The van der Waals surface area contributed by atoms with Crippen LogP contribution in [0.2, 0.25) is 0 Å². The SMILES string of the molecule is OCC(O)CNc1cccc(F)n1. The molecular formula is C8H11FN2O2. The molecule has 1 atom stereocenters. The highest BCUT2D eigenvalue weighted by molar-refractivity contribution is 5.33. The predicted molar refractivity (Wildman–Crippen MR) is 45.8 cm³/mol. The predicted octanol–water partition coefficient (Wildman–Crippen LogP) is -0.0142. The van der Waals surface area contributed by atoms with E-state index in [0.717, 1.165) is 0 Å². The lowest BCUT2D eigenvalue weighted by Crippen LogP contribution is -2.23. The molecule has 0 bridgehead atoms. The molecule has 1 aromatic heterocycles. The summed E-state index contributed by atoms with van der Waals surface area (Å²) in [5, 5.41) is 20.1. The molecule has 1 unspecified atom stereocenters. The summed E-state index contributed by atoms with van der Waals surface area (Å²) in [7, 11) is 0. The Labute approximate surface area is 75.0 Å². The molecule has 0 aromatic carbocycles. The Morgan fingerprint density at radius 1 is 1.54 bits per heavy atom. The fraction of sp³-hybridized carbons (Fsp3) is 0.375. The Kier molecular flexibility index (Phi) is 3.60. The van der Waals surface area contributed by atoms with Crippen molar-refractivity contribution < 1.29 is 14.6 Å². The second kappa shape index (κ2) is 4.74. The lowest BCUT2D eigenvalue weighted by Gasteiger charge is -2.08. The molecule has 0 spiro atoms. The molecule has 1 aromatic rings. The lowest BCUT2D eigenvalue weighted by atomic mass is 10.3. The number of pyridine rings is 1. The number of nitrogens with zero attached hydrogens (tertiary/aromatic N) is 1. The van der Waals surface area contributed by atoms with E-state index in [1.165, 1.54) is 12.1 Å². The first-order valence-corrected chi connectivity index (χ1v) is 3.87. The van der Waals surface area contributed by atoms with Gasteiger partial charge in [0.05, 0.1) is 12.7 Å². The minimum Gasteiger partial charge on any atom is -0.394 e. The molecule has 0 saturated carbocycles. The molecular weight excluding hydrogens is 175 g/mol. The van der Waals surface area contributed by atoms with Crippen molar-refractivity contribution in [3.8, 4) is 0 Å². The second-order valence-corrected chi connectivity index (χ2v) is 2.56. The van der Waals surface area contributed by atoms with Crippen LogP contribution in [0.15, 0.2) is 18.2 Å². The Morgan fingerprint density at radius 2 is 2.31 bits per heavy atom. The van der Waals surface area contributed by atoms with E-state index in [2.05, 4.69) is 10.3 Å². The van der Waals surface area contributed by atoms with Crippen LogP contribution >= 0.6 is 0 Å². The van der Waals surface area contributed by atoms with Crippen molar-refractivity contribution in [2.24, 2.45) is 0 Å². The minimum absolute atomic E-state index is 0.146. The normalized spacial score (nSPS) is 12.5. The van der Waals surface area contributed by atoms with Gasteiger partial charge in [0.2, 0.25) is 5.95 Å². The van der Waals surface area contributed by atoms with E-state index >= 15 is 0 Å². The Morgan fingerprint density at radius 3 is 2.92 bits per heavy atom. The van der Waals surface area contributed by atoms with Gasteiger partial charge in [0.1, 0.15) is 5.82 Å². The van der Waals surface area contributed by atoms with Gasteiger partial charge >= 0.3 is 0 Å². The van der Waals surface area contributed by atoms with Crippen molar-refractivity contribution in [1.82, 2.24) is 4.98 Å². The van der Waals surface area contributed by atoms with Gasteiger partial charge in [-0.15, -0.1) is 0 Å². The zero-order chi connectivity index (χ0) is 9.68. The number of aliphatic hydroxyl groups excluding tert-OH is 2. The van der Waals surface area contributed by atoms with Gasteiger partial charge in [0, 0.05) is 6.54 Å². The molecule has 13 heavy (non-hydrogen) atoms. The van der Waals surface area contributed by atoms with Crippen molar-refractivity contribution in [1.29, 1.82) is 0 Å². The topological polar surface area (TPSA) is 65.4 Å². The van der Waals surface area contributed by atoms with Gasteiger partial charge in [-0.05, 0) is 12.1 Å². The average Bonchev–Trinajstić information content (AvgIpc) is 2.14. The maximum absolute atomic E-state index is 12.5. The maximum atomic E-state index is 12.5. The molecule has 72 valence electrons.